The predicted octanol–water partition coefficient (Wildman–Crippen LogP) is 0.995. The summed E-state index contributed by atoms with van der Waals surface area (Å²) in [6.07, 6.45) is 1.70. The topological polar surface area (TPSA) is 72.9 Å². The van der Waals surface area contributed by atoms with Gasteiger partial charge in [-0.05, 0) is 32.6 Å². The Labute approximate surface area is 108 Å². The first-order valence-electron chi connectivity index (χ1n) is 6.21. The average molecular weight is 257 g/mol. The van der Waals surface area contributed by atoms with E-state index in [9.17, 15) is 14.7 Å². The number of carboxylic acids is 1. The fourth-order valence-electron chi connectivity index (χ4n) is 2.19. The number of carbonyl (C=O) groups is 2. The summed E-state index contributed by atoms with van der Waals surface area (Å²) in [5, 5.41) is 10.8. The van der Waals surface area contributed by atoms with Crippen molar-refractivity contribution >= 4 is 12.0 Å². The van der Waals surface area contributed by atoms with E-state index in [1.54, 1.807) is 37.9 Å². The van der Waals surface area contributed by atoms with Crippen LogP contribution >= 0.6 is 0 Å². The molecule has 1 aliphatic heterocycles. The van der Waals surface area contributed by atoms with Gasteiger partial charge in [-0.15, -0.1) is 0 Å². The summed E-state index contributed by atoms with van der Waals surface area (Å²) in [6, 6.07) is -0.161. The molecule has 0 aliphatic carbocycles. The number of rotatable bonds is 3. The molecular formula is C12H23N3O3. The van der Waals surface area contributed by atoms with Gasteiger partial charge in [0.15, 0.2) is 0 Å². The van der Waals surface area contributed by atoms with E-state index in [1.807, 2.05) is 0 Å². The van der Waals surface area contributed by atoms with E-state index < -0.39 is 11.4 Å². The highest BCUT2D eigenvalue weighted by atomic mass is 16.4. The summed E-state index contributed by atoms with van der Waals surface area (Å²) in [5.41, 5.74) is 1.89. The molecular weight excluding hydrogens is 234 g/mol. The SMILES string of the molecule is CN(C)NC(=O)N1CCCC(C(C)(C)C(=O)O)C1. The molecule has 1 fully saturated rings. The monoisotopic (exact) mass is 257 g/mol. The maximum absolute atomic E-state index is 11.9. The number of nitrogens with zero attached hydrogens (tertiary/aromatic N) is 2. The Balaban J connectivity index is 2.67. The number of carbonyl (C=O) groups excluding carboxylic acids is 1. The van der Waals surface area contributed by atoms with E-state index in [1.165, 1.54) is 0 Å². The molecule has 1 rings (SSSR count). The Bertz CT molecular complexity index is 329. The van der Waals surface area contributed by atoms with Crippen LogP contribution in [0.1, 0.15) is 26.7 Å². The lowest BCUT2D eigenvalue weighted by Crippen LogP contribution is -2.52. The summed E-state index contributed by atoms with van der Waals surface area (Å²) in [6.45, 7) is 4.64. The van der Waals surface area contributed by atoms with Gasteiger partial charge in [0.05, 0.1) is 5.41 Å². The van der Waals surface area contributed by atoms with E-state index >= 15 is 0 Å². The minimum absolute atomic E-state index is 0.00309. The highest BCUT2D eigenvalue weighted by molar-refractivity contribution is 5.75. The Morgan fingerprint density at radius 2 is 2.00 bits per heavy atom. The Morgan fingerprint density at radius 3 is 2.50 bits per heavy atom. The van der Waals surface area contributed by atoms with Crippen LogP contribution in [0.3, 0.4) is 0 Å². The average Bonchev–Trinajstić information content (AvgIpc) is 2.28. The lowest BCUT2D eigenvalue weighted by molar-refractivity contribution is -0.151. The van der Waals surface area contributed by atoms with Gasteiger partial charge in [0, 0.05) is 27.2 Å². The third-order valence-electron chi connectivity index (χ3n) is 3.60. The molecule has 18 heavy (non-hydrogen) atoms. The van der Waals surface area contributed by atoms with Gasteiger partial charge in [-0.3, -0.25) is 10.2 Å². The molecule has 0 bridgehead atoms. The zero-order valence-corrected chi connectivity index (χ0v) is 11.6. The van der Waals surface area contributed by atoms with E-state index in [4.69, 9.17) is 0 Å². The third-order valence-corrected chi connectivity index (χ3v) is 3.60. The fourth-order valence-corrected chi connectivity index (χ4v) is 2.19. The van der Waals surface area contributed by atoms with Crippen molar-refractivity contribution in [3.8, 4) is 0 Å². The van der Waals surface area contributed by atoms with Crippen molar-refractivity contribution in [3.63, 3.8) is 0 Å². The molecule has 1 saturated heterocycles. The van der Waals surface area contributed by atoms with Crippen molar-refractivity contribution in [2.24, 2.45) is 11.3 Å². The number of hydrogen-bond donors (Lipinski definition) is 2. The summed E-state index contributed by atoms with van der Waals surface area (Å²) in [4.78, 5) is 24.8. The number of carboxylic acid groups (broad SMARTS) is 1. The summed E-state index contributed by atoms with van der Waals surface area (Å²) < 4.78 is 0. The molecule has 1 heterocycles. The minimum atomic E-state index is -0.803. The molecule has 2 N–H and O–H groups in total. The number of hydrazine groups is 1. The maximum atomic E-state index is 11.9. The van der Waals surface area contributed by atoms with Crippen LogP contribution in [0.15, 0.2) is 0 Å². The number of piperidine rings is 1. The van der Waals surface area contributed by atoms with Gasteiger partial charge in [-0.1, -0.05) is 0 Å². The van der Waals surface area contributed by atoms with Crippen LogP contribution in [-0.2, 0) is 4.79 Å². The first-order chi connectivity index (χ1) is 8.25. The molecule has 1 atom stereocenters. The van der Waals surface area contributed by atoms with Crippen LogP contribution in [0.4, 0.5) is 4.79 Å². The number of hydrogen-bond acceptors (Lipinski definition) is 3. The van der Waals surface area contributed by atoms with E-state index in [2.05, 4.69) is 5.43 Å². The molecule has 0 spiro atoms. The normalized spacial score (nSPS) is 20.9. The largest absolute Gasteiger partial charge is 0.481 e. The Hall–Kier alpha value is -1.30. The van der Waals surface area contributed by atoms with Crippen LogP contribution < -0.4 is 5.43 Å². The Kier molecular flexibility index (Phi) is 4.56. The molecule has 104 valence electrons. The summed E-state index contributed by atoms with van der Waals surface area (Å²) >= 11 is 0. The maximum Gasteiger partial charge on any atom is 0.331 e. The molecule has 0 aromatic carbocycles. The highest BCUT2D eigenvalue weighted by Crippen LogP contribution is 2.34. The van der Waals surface area contributed by atoms with Crippen molar-refractivity contribution in [1.82, 2.24) is 15.3 Å². The van der Waals surface area contributed by atoms with Crippen molar-refractivity contribution in [1.29, 1.82) is 0 Å². The van der Waals surface area contributed by atoms with Crippen LogP contribution in [0.25, 0.3) is 0 Å². The highest BCUT2D eigenvalue weighted by Gasteiger charge is 2.40. The number of nitrogens with one attached hydrogen (secondary N) is 1. The standard InChI is InChI=1S/C12H23N3O3/c1-12(2,10(16)17)9-6-5-7-15(8-9)11(18)13-14(3)4/h9H,5-8H2,1-4H3,(H,13,18)(H,16,17). The van der Waals surface area contributed by atoms with Gasteiger partial charge >= 0.3 is 12.0 Å². The van der Waals surface area contributed by atoms with Crippen LogP contribution in [0.5, 0.6) is 0 Å². The lowest BCUT2D eigenvalue weighted by Gasteiger charge is -2.39. The van der Waals surface area contributed by atoms with Gasteiger partial charge in [-0.25, -0.2) is 9.80 Å². The van der Waals surface area contributed by atoms with Gasteiger partial charge in [0.2, 0.25) is 0 Å². The predicted molar refractivity (Wildman–Crippen MR) is 67.9 cm³/mol. The van der Waals surface area contributed by atoms with Crippen molar-refractivity contribution in [3.05, 3.63) is 0 Å². The summed E-state index contributed by atoms with van der Waals surface area (Å²) in [5.74, 6) is -0.806. The van der Waals surface area contributed by atoms with Crippen LogP contribution in [0.2, 0.25) is 0 Å². The van der Waals surface area contributed by atoms with Gasteiger partial charge in [0.1, 0.15) is 0 Å². The second-order valence-electron chi connectivity index (χ2n) is 5.62. The molecule has 1 unspecified atom stereocenters. The zero-order chi connectivity index (χ0) is 13.9. The summed E-state index contributed by atoms with van der Waals surface area (Å²) in [7, 11) is 3.50. The van der Waals surface area contributed by atoms with Crippen molar-refractivity contribution in [2.75, 3.05) is 27.2 Å². The molecule has 6 nitrogen and oxygen atoms in total. The zero-order valence-electron chi connectivity index (χ0n) is 11.6. The number of aliphatic carboxylic acids is 1. The first-order valence-corrected chi connectivity index (χ1v) is 6.21. The molecule has 0 saturated carbocycles. The number of likely N-dealkylation sites (tertiary alicyclic amines) is 1. The van der Waals surface area contributed by atoms with Crippen LogP contribution in [0, 0.1) is 11.3 Å². The van der Waals surface area contributed by atoms with Crippen LogP contribution in [-0.4, -0.2) is 54.2 Å². The molecule has 0 aromatic heterocycles. The second-order valence-corrected chi connectivity index (χ2v) is 5.62. The lowest BCUT2D eigenvalue weighted by atomic mass is 9.74. The number of urea groups is 1. The second kappa shape index (κ2) is 5.56. The van der Waals surface area contributed by atoms with E-state index in [0.29, 0.717) is 13.1 Å². The quantitative estimate of drug-likeness (QED) is 0.740. The third kappa shape index (κ3) is 3.35. The van der Waals surface area contributed by atoms with Crippen molar-refractivity contribution in [2.45, 2.75) is 26.7 Å². The minimum Gasteiger partial charge on any atom is -0.481 e. The van der Waals surface area contributed by atoms with E-state index in [0.717, 1.165) is 12.8 Å². The first kappa shape index (κ1) is 14.8. The molecule has 1 aliphatic rings. The number of amides is 2. The molecule has 0 aromatic rings. The Morgan fingerprint density at radius 1 is 1.39 bits per heavy atom. The van der Waals surface area contributed by atoms with Crippen molar-refractivity contribution < 1.29 is 14.7 Å². The smallest absolute Gasteiger partial charge is 0.331 e. The van der Waals surface area contributed by atoms with Gasteiger partial charge in [0.25, 0.3) is 0 Å². The van der Waals surface area contributed by atoms with Gasteiger partial charge < -0.3 is 10.0 Å². The molecule has 2 amide bonds. The van der Waals surface area contributed by atoms with Gasteiger partial charge in [-0.2, -0.15) is 0 Å². The van der Waals surface area contributed by atoms with E-state index in [-0.39, 0.29) is 11.9 Å². The fraction of sp³-hybridized carbons (Fsp3) is 0.833. The molecule has 0 radical (unpaired) electrons. The molecule has 6 heteroatoms.